The summed E-state index contributed by atoms with van der Waals surface area (Å²) in [4.78, 5) is 4.49. The summed E-state index contributed by atoms with van der Waals surface area (Å²) in [5.41, 5.74) is 7.20. The van der Waals surface area contributed by atoms with Crippen LogP contribution in [-0.2, 0) is 0 Å². The zero-order valence-corrected chi connectivity index (χ0v) is 14.2. The van der Waals surface area contributed by atoms with Crippen LogP contribution >= 0.6 is 0 Å². The van der Waals surface area contributed by atoms with E-state index >= 15 is 0 Å². The summed E-state index contributed by atoms with van der Waals surface area (Å²) < 4.78 is 5.66. The van der Waals surface area contributed by atoms with E-state index in [1.165, 1.54) is 0 Å². The zero-order valence-electron chi connectivity index (χ0n) is 14.2. The van der Waals surface area contributed by atoms with Crippen molar-refractivity contribution >= 4 is 5.96 Å². The topological polar surface area (TPSA) is 79.9 Å². The average molecular weight is 319 g/mol. The molecule has 0 aliphatic carbocycles. The van der Waals surface area contributed by atoms with E-state index in [4.69, 9.17) is 10.5 Å². The first kappa shape index (κ1) is 17.6. The molecule has 0 amide bonds. The maximum Gasteiger partial charge on any atom is 0.189 e. The Morgan fingerprint density at radius 1 is 1.43 bits per heavy atom. The smallest absolute Gasteiger partial charge is 0.189 e. The van der Waals surface area contributed by atoms with Crippen LogP contribution in [0.1, 0.15) is 44.7 Å². The highest BCUT2D eigenvalue weighted by Gasteiger charge is 2.21. The molecule has 1 aromatic carbocycles. The van der Waals surface area contributed by atoms with Crippen molar-refractivity contribution in [2.75, 3.05) is 19.8 Å². The number of rotatable bonds is 7. The Morgan fingerprint density at radius 2 is 2.22 bits per heavy atom. The molecule has 0 aromatic heterocycles. The molecule has 0 saturated carbocycles. The number of hydrogen-bond donors (Lipinski definition) is 3. The molecule has 4 N–H and O–H groups in total. The van der Waals surface area contributed by atoms with Gasteiger partial charge in [0.1, 0.15) is 5.75 Å². The van der Waals surface area contributed by atoms with E-state index in [0.717, 1.165) is 30.6 Å². The molecule has 5 heteroatoms. The Hall–Kier alpha value is -1.75. The summed E-state index contributed by atoms with van der Waals surface area (Å²) in [5, 5.41) is 12.5. The van der Waals surface area contributed by atoms with E-state index in [2.05, 4.69) is 30.2 Å². The molecule has 2 unspecified atom stereocenters. The fourth-order valence-electron chi connectivity index (χ4n) is 3.08. The van der Waals surface area contributed by atoms with Crippen molar-refractivity contribution in [1.29, 1.82) is 0 Å². The van der Waals surface area contributed by atoms with Gasteiger partial charge in [0.25, 0.3) is 0 Å². The van der Waals surface area contributed by atoms with Gasteiger partial charge in [-0.1, -0.05) is 32.0 Å². The quantitative estimate of drug-likeness (QED) is 0.533. The minimum absolute atomic E-state index is 0.144. The average Bonchev–Trinajstić information content (AvgIpc) is 2.53. The first-order chi connectivity index (χ1) is 11.1. The van der Waals surface area contributed by atoms with Crippen LogP contribution in [0.3, 0.4) is 0 Å². The molecule has 1 aliphatic heterocycles. The van der Waals surface area contributed by atoms with Gasteiger partial charge in [0.05, 0.1) is 12.6 Å². The van der Waals surface area contributed by atoms with Crippen molar-refractivity contribution in [3.8, 4) is 5.75 Å². The predicted octanol–water partition coefficient (Wildman–Crippen LogP) is 2.46. The number of nitrogens with zero attached hydrogens (tertiary/aromatic N) is 1. The van der Waals surface area contributed by atoms with Gasteiger partial charge >= 0.3 is 0 Å². The number of aliphatic imine (C=N–C) groups is 1. The molecule has 1 heterocycles. The molecule has 0 spiro atoms. The van der Waals surface area contributed by atoms with Gasteiger partial charge in [-0.15, -0.1) is 0 Å². The Bertz CT molecular complexity index is 517. The molecule has 0 bridgehead atoms. The summed E-state index contributed by atoms with van der Waals surface area (Å²) >= 11 is 0. The summed E-state index contributed by atoms with van der Waals surface area (Å²) in [7, 11) is 0. The Morgan fingerprint density at radius 3 is 2.96 bits per heavy atom. The molecule has 1 aliphatic rings. The maximum atomic E-state index is 9.18. The number of aliphatic hydroxyl groups excluding tert-OH is 1. The third kappa shape index (κ3) is 5.43. The number of benzene rings is 1. The molecular weight excluding hydrogens is 290 g/mol. The van der Waals surface area contributed by atoms with Crippen LogP contribution in [0.25, 0.3) is 0 Å². The lowest BCUT2D eigenvalue weighted by atomic mass is 9.94. The number of aliphatic hydroxyl groups is 1. The van der Waals surface area contributed by atoms with Crippen LogP contribution in [-0.4, -0.2) is 30.8 Å². The molecule has 23 heavy (non-hydrogen) atoms. The SMILES string of the molecule is CC(C)CC(CCO)CN=C(N)NC1CCOc2ccccc21. The molecule has 1 aromatic rings. The summed E-state index contributed by atoms with van der Waals surface area (Å²) in [6.07, 6.45) is 2.70. The number of guanidine groups is 1. The van der Waals surface area contributed by atoms with Gasteiger partial charge in [0.2, 0.25) is 0 Å². The molecule has 2 rings (SSSR count). The number of ether oxygens (including phenoxy) is 1. The number of nitrogens with one attached hydrogen (secondary N) is 1. The first-order valence-corrected chi connectivity index (χ1v) is 8.49. The number of nitrogens with two attached hydrogens (primary N) is 1. The van der Waals surface area contributed by atoms with Gasteiger partial charge in [-0.05, 0) is 30.7 Å². The fourth-order valence-corrected chi connectivity index (χ4v) is 3.08. The first-order valence-electron chi connectivity index (χ1n) is 8.49. The second-order valence-corrected chi connectivity index (χ2v) is 6.61. The van der Waals surface area contributed by atoms with Crippen LogP contribution in [0.4, 0.5) is 0 Å². The van der Waals surface area contributed by atoms with E-state index in [-0.39, 0.29) is 12.6 Å². The van der Waals surface area contributed by atoms with Crippen molar-refractivity contribution in [2.24, 2.45) is 22.6 Å². The van der Waals surface area contributed by atoms with Crippen molar-refractivity contribution in [3.63, 3.8) is 0 Å². The highest BCUT2D eigenvalue weighted by Crippen LogP contribution is 2.31. The predicted molar refractivity (Wildman–Crippen MR) is 93.6 cm³/mol. The maximum absolute atomic E-state index is 9.18. The van der Waals surface area contributed by atoms with Crippen LogP contribution < -0.4 is 15.8 Å². The van der Waals surface area contributed by atoms with E-state index < -0.39 is 0 Å². The minimum atomic E-state index is 0.144. The van der Waals surface area contributed by atoms with E-state index in [0.29, 0.717) is 30.9 Å². The normalized spacial score (nSPS) is 19.1. The van der Waals surface area contributed by atoms with Crippen LogP contribution in [0.15, 0.2) is 29.3 Å². The summed E-state index contributed by atoms with van der Waals surface area (Å²) in [6.45, 7) is 5.92. The van der Waals surface area contributed by atoms with Crippen LogP contribution in [0.2, 0.25) is 0 Å². The molecule has 0 fully saturated rings. The van der Waals surface area contributed by atoms with Crippen molar-refractivity contribution in [2.45, 2.75) is 39.2 Å². The van der Waals surface area contributed by atoms with Gasteiger partial charge in [-0.25, -0.2) is 0 Å². The zero-order chi connectivity index (χ0) is 16.7. The highest BCUT2D eigenvalue weighted by molar-refractivity contribution is 5.78. The Labute approximate surface area is 138 Å². The standard InChI is InChI=1S/C18H29N3O2/c1-13(2)11-14(7-9-22)12-20-18(19)21-16-8-10-23-17-6-4-3-5-15(16)17/h3-6,13-14,16,22H,7-12H2,1-2H3,(H3,19,20,21). The van der Waals surface area contributed by atoms with E-state index in [1.54, 1.807) is 0 Å². The van der Waals surface area contributed by atoms with Gasteiger partial charge in [-0.2, -0.15) is 0 Å². The third-order valence-corrected chi connectivity index (χ3v) is 4.14. The second kappa shape index (κ2) is 8.77. The summed E-state index contributed by atoms with van der Waals surface area (Å²) in [6, 6.07) is 8.17. The highest BCUT2D eigenvalue weighted by atomic mass is 16.5. The fraction of sp³-hybridized carbons (Fsp3) is 0.611. The number of para-hydroxylation sites is 1. The van der Waals surface area contributed by atoms with Gasteiger partial charge in [0, 0.05) is 25.1 Å². The molecule has 128 valence electrons. The largest absolute Gasteiger partial charge is 0.493 e. The van der Waals surface area contributed by atoms with Gasteiger partial charge in [-0.3, -0.25) is 4.99 Å². The molecule has 5 nitrogen and oxygen atoms in total. The Balaban J connectivity index is 1.94. The lowest BCUT2D eigenvalue weighted by Crippen LogP contribution is -2.37. The minimum Gasteiger partial charge on any atom is -0.493 e. The molecule has 0 saturated heterocycles. The molecule has 2 atom stereocenters. The molecular formula is C18H29N3O2. The lowest BCUT2D eigenvalue weighted by Gasteiger charge is -2.27. The monoisotopic (exact) mass is 319 g/mol. The second-order valence-electron chi connectivity index (χ2n) is 6.61. The van der Waals surface area contributed by atoms with Crippen molar-refractivity contribution < 1.29 is 9.84 Å². The van der Waals surface area contributed by atoms with Gasteiger partial charge < -0.3 is 20.9 Å². The van der Waals surface area contributed by atoms with E-state index in [9.17, 15) is 5.11 Å². The number of hydrogen-bond acceptors (Lipinski definition) is 3. The lowest BCUT2D eigenvalue weighted by molar-refractivity contribution is 0.245. The van der Waals surface area contributed by atoms with Crippen LogP contribution in [0, 0.1) is 11.8 Å². The number of fused-ring (bicyclic) bond motifs is 1. The van der Waals surface area contributed by atoms with E-state index in [1.807, 2.05) is 18.2 Å². The third-order valence-electron chi connectivity index (χ3n) is 4.14. The Kier molecular flexibility index (Phi) is 6.71. The molecule has 0 radical (unpaired) electrons. The van der Waals surface area contributed by atoms with Crippen molar-refractivity contribution in [3.05, 3.63) is 29.8 Å². The van der Waals surface area contributed by atoms with Gasteiger partial charge in [0.15, 0.2) is 5.96 Å². The van der Waals surface area contributed by atoms with Crippen molar-refractivity contribution in [1.82, 2.24) is 5.32 Å². The van der Waals surface area contributed by atoms with Crippen LogP contribution in [0.5, 0.6) is 5.75 Å². The summed E-state index contributed by atoms with van der Waals surface area (Å²) in [5.74, 6) is 2.36.